The van der Waals surface area contributed by atoms with E-state index >= 15 is 0 Å². The molecule has 1 aromatic carbocycles. The van der Waals surface area contributed by atoms with E-state index in [0.717, 1.165) is 10.0 Å². The molecule has 0 aliphatic heterocycles. The van der Waals surface area contributed by atoms with Gasteiger partial charge in [-0.15, -0.1) is 0 Å². The van der Waals surface area contributed by atoms with Crippen LogP contribution in [0.3, 0.4) is 0 Å². The van der Waals surface area contributed by atoms with Crippen molar-refractivity contribution in [2.45, 2.75) is 0 Å². The molecule has 0 fully saturated rings. The number of hydrogen-bond donors (Lipinski definition) is 0. The van der Waals surface area contributed by atoms with Crippen molar-refractivity contribution in [1.82, 2.24) is 0 Å². The second kappa shape index (κ2) is 4.82. The van der Waals surface area contributed by atoms with Crippen molar-refractivity contribution in [3.63, 3.8) is 0 Å². The maximum absolute atomic E-state index is 11.7. The summed E-state index contributed by atoms with van der Waals surface area (Å²) in [7, 11) is 0.175. The average Bonchev–Trinajstić information content (AvgIpc) is 2.03. The minimum Gasteiger partial charge on any atom is -0.289 e. The molecular weight excluding hydrogens is 248 g/mol. The summed E-state index contributed by atoms with van der Waals surface area (Å²) in [5, 5.41) is 0. The van der Waals surface area contributed by atoms with Gasteiger partial charge < -0.3 is 0 Å². The van der Waals surface area contributed by atoms with Gasteiger partial charge in [-0.2, -0.15) is 0 Å². The van der Waals surface area contributed by atoms with Crippen LogP contribution in [0.25, 0.3) is 0 Å². The molecule has 70 valence electrons. The summed E-state index contributed by atoms with van der Waals surface area (Å²) in [6.45, 7) is 0. The molecule has 0 bridgehead atoms. The third kappa shape index (κ3) is 3.16. The molecule has 0 unspecified atom stereocenters. The van der Waals surface area contributed by atoms with E-state index in [1.807, 2.05) is 24.3 Å². The van der Waals surface area contributed by atoms with Gasteiger partial charge in [0.2, 0.25) is 5.78 Å². The van der Waals surface area contributed by atoms with E-state index in [9.17, 15) is 4.79 Å². The molecule has 0 saturated heterocycles. The van der Waals surface area contributed by atoms with Crippen LogP contribution in [-0.4, -0.2) is 24.0 Å². The predicted octanol–water partition coefficient (Wildman–Crippen LogP) is 2.51. The molecule has 1 nitrogen and oxygen atoms in total. The van der Waals surface area contributed by atoms with Crippen LogP contribution >= 0.6 is 15.9 Å². The lowest BCUT2D eigenvalue weighted by Crippen LogP contribution is -2.14. The minimum atomic E-state index is 0.175. The number of ketones is 1. The Kier molecular flexibility index (Phi) is 4.00. The van der Waals surface area contributed by atoms with Gasteiger partial charge >= 0.3 is 0 Å². The lowest BCUT2D eigenvalue weighted by Gasteiger charge is -2.00. The van der Waals surface area contributed by atoms with E-state index in [0.29, 0.717) is 5.75 Å². The molecule has 3 heteroatoms. The van der Waals surface area contributed by atoms with Gasteiger partial charge in [-0.3, -0.25) is 4.79 Å². The fraction of sp³-hybridized carbons (Fsp3) is 0.300. The fourth-order valence-corrected chi connectivity index (χ4v) is 2.21. The van der Waals surface area contributed by atoms with Gasteiger partial charge in [0.05, 0.1) is 12.5 Å². The molecule has 1 aromatic rings. The Bertz CT molecular complexity index is 310. The van der Waals surface area contributed by atoms with Crippen molar-refractivity contribution >= 4 is 32.6 Å². The zero-order valence-corrected chi connectivity index (χ0v) is 10.1. The summed E-state index contributed by atoms with van der Waals surface area (Å²) < 4.78 is 0.894. The summed E-state index contributed by atoms with van der Waals surface area (Å²) in [5.41, 5.74) is 0.795. The normalized spacial score (nSPS) is 10.5. The second-order valence-corrected chi connectivity index (χ2v) is 6.15. The third-order valence-electron chi connectivity index (χ3n) is 1.59. The number of rotatable bonds is 3. The van der Waals surface area contributed by atoms with Gasteiger partial charge in [0.15, 0.2) is 5.75 Å². The van der Waals surface area contributed by atoms with E-state index in [-0.39, 0.29) is 16.7 Å². The lowest BCUT2D eigenvalue weighted by molar-refractivity contribution is 0.102. The summed E-state index contributed by atoms with van der Waals surface area (Å²) in [6.07, 6.45) is 4.16. The Labute approximate surface area is 90.0 Å². The summed E-state index contributed by atoms with van der Waals surface area (Å²) in [6, 6.07) is 7.57. The fourth-order valence-electron chi connectivity index (χ4n) is 1.03. The van der Waals surface area contributed by atoms with Gasteiger partial charge in [0.25, 0.3) is 0 Å². The number of Topliss-reactive ketones (excluding diaryl/α,β-unsaturated/α-hetero) is 1. The highest BCUT2D eigenvalue weighted by Crippen LogP contribution is 2.16. The van der Waals surface area contributed by atoms with Crippen LogP contribution in [0.2, 0.25) is 0 Å². The monoisotopic (exact) mass is 259 g/mol. The molecule has 0 heterocycles. The lowest BCUT2D eigenvalue weighted by atomic mass is 10.1. The molecule has 0 saturated carbocycles. The van der Waals surface area contributed by atoms with E-state index in [1.54, 1.807) is 0 Å². The Hall–Kier alpha value is -0.280. The second-order valence-electron chi connectivity index (χ2n) is 3.03. The number of carbonyl (C=O) groups is 1. The van der Waals surface area contributed by atoms with E-state index < -0.39 is 0 Å². The standard InChI is InChI=1S/C10H12BrOS/c1-13(2)7-10(12)8-5-3-4-6-9(8)11/h3-6H,7H2,1-2H3/q+1. The molecular formula is C10H12BrOS+. The van der Waals surface area contributed by atoms with Crippen molar-refractivity contribution in [2.75, 3.05) is 18.3 Å². The molecule has 0 atom stereocenters. The smallest absolute Gasteiger partial charge is 0.212 e. The van der Waals surface area contributed by atoms with E-state index in [4.69, 9.17) is 0 Å². The number of carbonyl (C=O) groups excluding carboxylic acids is 1. The topological polar surface area (TPSA) is 17.1 Å². The molecule has 0 aliphatic carbocycles. The Balaban J connectivity index is 2.83. The molecule has 1 rings (SSSR count). The van der Waals surface area contributed by atoms with Crippen LogP contribution in [0.4, 0.5) is 0 Å². The van der Waals surface area contributed by atoms with Crippen molar-refractivity contribution in [1.29, 1.82) is 0 Å². The van der Waals surface area contributed by atoms with Crippen LogP contribution in [0.1, 0.15) is 10.4 Å². The zero-order chi connectivity index (χ0) is 9.84. The average molecular weight is 260 g/mol. The van der Waals surface area contributed by atoms with Crippen LogP contribution in [0.15, 0.2) is 28.7 Å². The molecule has 0 spiro atoms. The highest BCUT2D eigenvalue weighted by Gasteiger charge is 2.15. The molecule has 0 amide bonds. The van der Waals surface area contributed by atoms with Crippen molar-refractivity contribution in [3.05, 3.63) is 34.3 Å². The van der Waals surface area contributed by atoms with Gasteiger partial charge in [-0.05, 0) is 17.0 Å². The number of hydrogen-bond acceptors (Lipinski definition) is 1. The van der Waals surface area contributed by atoms with Crippen LogP contribution in [0, 0.1) is 0 Å². The Morgan fingerprint density at radius 2 is 2.00 bits per heavy atom. The maximum Gasteiger partial charge on any atom is 0.212 e. The van der Waals surface area contributed by atoms with Crippen molar-refractivity contribution in [3.8, 4) is 0 Å². The van der Waals surface area contributed by atoms with Crippen molar-refractivity contribution in [2.24, 2.45) is 0 Å². The summed E-state index contributed by atoms with van der Waals surface area (Å²) in [4.78, 5) is 11.7. The first-order valence-electron chi connectivity index (χ1n) is 3.93. The highest BCUT2D eigenvalue weighted by atomic mass is 79.9. The molecule has 0 N–H and O–H groups in total. The summed E-state index contributed by atoms with van der Waals surface area (Å²) >= 11 is 3.37. The molecule has 0 aromatic heterocycles. The highest BCUT2D eigenvalue weighted by molar-refractivity contribution is 9.10. The first-order chi connectivity index (χ1) is 6.11. The maximum atomic E-state index is 11.7. The number of halogens is 1. The molecule has 13 heavy (non-hydrogen) atoms. The van der Waals surface area contributed by atoms with E-state index in [1.165, 1.54) is 0 Å². The SMILES string of the molecule is C[S+](C)CC(=O)c1ccccc1Br. The molecule has 0 aliphatic rings. The Morgan fingerprint density at radius 1 is 1.38 bits per heavy atom. The minimum absolute atomic E-state index is 0.175. The van der Waals surface area contributed by atoms with Gasteiger partial charge in [-0.1, -0.05) is 34.1 Å². The van der Waals surface area contributed by atoms with Gasteiger partial charge in [0.1, 0.15) is 0 Å². The predicted molar refractivity (Wildman–Crippen MR) is 62.6 cm³/mol. The quantitative estimate of drug-likeness (QED) is 0.603. The van der Waals surface area contributed by atoms with Gasteiger partial charge in [-0.25, -0.2) is 0 Å². The summed E-state index contributed by atoms with van der Waals surface area (Å²) in [5.74, 6) is 0.864. The largest absolute Gasteiger partial charge is 0.289 e. The van der Waals surface area contributed by atoms with Crippen LogP contribution in [-0.2, 0) is 10.9 Å². The number of benzene rings is 1. The first-order valence-corrected chi connectivity index (χ1v) is 6.93. The van der Waals surface area contributed by atoms with Crippen LogP contribution < -0.4 is 0 Å². The van der Waals surface area contributed by atoms with Crippen LogP contribution in [0.5, 0.6) is 0 Å². The molecule has 0 radical (unpaired) electrons. The van der Waals surface area contributed by atoms with Crippen molar-refractivity contribution < 1.29 is 4.79 Å². The third-order valence-corrected chi connectivity index (χ3v) is 3.13. The first kappa shape index (κ1) is 10.8. The zero-order valence-electron chi connectivity index (χ0n) is 7.71. The van der Waals surface area contributed by atoms with E-state index in [2.05, 4.69) is 28.4 Å². The van der Waals surface area contributed by atoms with Gasteiger partial charge in [0, 0.05) is 10.0 Å². The Morgan fingerprint density at radius 3 is 2.54 bits per heavy atom.